The Kier molecular flexibility index (Phi) is 7.02. The van der Waals surface area contributed by atoms with Crippen LogP contribution in [0.15, 0.2) is 54.6 Å². The Balaban J connectivity index is 1.50. The molecule has 2 aromatic carbocycles. The maximum Gasteiger partial charge on any atom is 0.312 e. The molecule has 2 atom stereocenters. The maximum atomic E-state index is 12.5. The first kappa shape index (κ1) is 22.0. The molecule has 8 nitrogen and oxygen atoms in total. The molecule has 0 unspecified atom stereocenters. The van der Waals surface area contributed by atoms with E-state index in [4.69, 9.17) is 4.74 Å². The molecule has 1 fully saturated rings. The molecule has 0 spiro atoms. The average molecular weight is 423 g/mol. The minimum absolute atomic E-state index is 0.0213. The van der Waals surface area contributed by atoms with Crippen molar-refractivity contribution in [2.75, 3.05) is 11.4 Å². The topological polar surface area (TPSA) is 105 Å². The summed E-state index contributed by atoms with van der Waals surface area (Å²) in [5.74, 6) is -2.61. The lowest BCUT2D eigenvalue weighted by Crippen LogP contribution is -2.47. The summed E-state index contributed by atoms with van der Waals surface area (Å²) in [5, 5.41) is 0. The van der Waals surface area contributed by atoms with Crippen molar-refractivity contribution in [2.24, 2.45) is 5.92 Å². The molecule has 2 N–H and O–H groups in total. The van der Waals surface area contributed by atoms with Crippen LogP contribution < -0.4 is 15.8 Å². The van der Waals surface area contributed by atoms with Crippen LogP contribution in [0.2, 0.25) is 0 Å². The molecule has 0 bridgehead atoms. The predicted octanol–water partition coefficient (Wildman–Crippen LogP) is 1.99. The van der Waals surface area contributed by atoms with Crippen molar-refractivity contribution >= 4 is 29.4 Å². The van der Waals surface area contributed by atoms with E-state index in [1.54, 1.807) is 35.2 Å². The second kappa shape index (κ2) is 9.88. The van der Waals surface area contributed by atoms with Crippen LogP contribution in [-0.4, -0.2) is 36.3 Å². The van der Waals surface area contributed by atoms with Gasteiger partial charge in [-0.1, -0.05) is 37.3 Å². The first-order valence-corrected chi connectivity index (χ1v) is 10.1. The van der Waals surface area contributed by atoms with E-state index in [0.717, 1.165) is 17.7 Å². The summed E-state index contributed by atoms with van der Waals surface area (Å²) in [5.41, 5.74) is 6.78. The molecular formula is C23H25N3O5. The zero-order valence-corrected chi connectivity index (χ0v) is 17.5. The van der Waals surface area contributed by atoms with E-state index in [1.807, 2.05) is 31.2 Å². The Hall–Kier alpha value is -3.68. The van der Waals surface area contributed by atoms with Gasteiger partial charge in [0.15, 0.2) is 6.10 Å². The van der Waals surface area contributed by atoms with E-state index in [2.05, 4.69) is 10.9 Å². The Morgan fingerprint density at radius 2 is 1.74 bits per heavy atom. The van der Waals surface area contributed by atoms with Crippen molar-refractivity contribution in [2.45, 2.75) is 32.8 Å². The number of hydrogen-bond acceptors (Lipinski definition) is 5. The van der Waals surface area contributed by atoms with Crippen LogP contribution in [0, 0.1) is 5.92 Å². The molecule has 0 saturated carbocycles. The molecule has 1 aliphatic rings. The van der Waals surface area contributed by atoms with Crippen molar-refractivity contribution in [1.29, 1.82) is 0 Å². The lowest BCUT2D eigenvalue weighted by Gasteiger charge is -2.18. The minimum atomic E-state index is -1.13. The van der Waals surface area contributed by atoms with Gasteiger partial charge in [-0.2, -0.15) is 0 Å². The lowest BCUT2D eigenvalue weighted by atomic mass is 10.1. The van der Waals surface area contributed by atoms with Gasteiger partial charge in [0.2, 0.25) is 5.91 Å². The fourth-order valence-corrected chi connectivity index (χ4v) is 3.23. The number of benzene rings is 2. The predicted molar refractivity (Wildman–Crippen MR) is 114 cm³/mol. The molecule has 3 amide bonds. The molecule has 31 heavy (non-hydrogen) atoms. The first-order valence-electron chi connectivity index (χ1n) is 10.1. The van der Waals surface area contributed by atoms with Crippen LogP contribution in [0.3, 0.4) is 0 Å². The second-order valence-corrected chi connectivity index (χ2v) is 7.31. The van der Waals surface area contributed by atoms with Gasteiger partial charge in [0.05, 0.1) is 5.92 Å². The fourth-order valence-electron chi connectivity index (χ4n) is 3.23. The lowest BCUT2D eigenvalue weighted by molar-refractivity contribution is -0.158. The maximum absolute atomic E-state index is 12.5. The van der Waals surface area contributed by atoms with Crippen molar-refractivity contribution in [1.82, 2.24) is 10.9 Å². The Morgan fingerprint density at radius 1 is 1.06 bits per heavy atom. The van der Waals surface area contributed by atoms with Gasteiger partial charge < -0.3 is 9.64 Å². The van der Waals surface area contributed by atoms with E-state index in [1.165, 1.54) is 6.92 Å². The number of ether oxygens (including phenoxy) is 1. The van der Waals surface area contributed by atoms with Gasteiger partial charge in [0.25, 0.3) is 11.8 Å². The van der Waals surface area contributed by atoms with Gasteiger partial charge in [0.1, 0.15) is 0 Å². The number of aryl methyl sites for hydroxylation is 1. The second-order valence-electron chi connectivity index (χ2n) is 7.31. The Labute approximate surface area is 180 Å². The number of rotatable bonds is 6. The highest BCUT2D eigenvalue weighted by Crippen LogP contribution is 2.26. The van der Waals surface area contributed by atoms with Crippen molar-refractivity contribution < 1.29 is 23.9 Å². The quantitative estimate of drug-likeness (QED) is 0.546. The monoisotopic (exact) mass is 423 g/mol. The molecular weight excluding hydrogens is 398 g/mol. The molecule has 1 saturated heterocycles. The van der Waals surface area contributed by atoms with E-state index in [9.17, 15) is 19.2 Å². The summed E-state index contributed by atoms with van der Waals surface area (Å²) in [7, 11) is 0. The standard InChI is InChI=1S/C23H25N3O5/c1-3-16-9-11-19(12-10-16)26-14-18(13-20(26)27)23(30)31-15(2)21(28)24-25-22(29)17-7-5-4-6-8-17/h4-12,15,18H,3,13-14H2,1-2H3,(H,24,28)(H,25,29)/t15-,18+/m0/s1. The molecule has 3 rings (SSSR count). The zero-order chi connectivity index (χ0) is 22.4. The number of esters is 1. The molecule has 162 valence electrons. The smallest absolute Gasteiger partial charge is 0.312 e. The third kappa shape index (κ3) is 5.48. The number of anilines is 1. The molecule has 8 heteroatoms. The summed E-state index contributed by atoms with van der Waals surface area (Å²) in [4.78, 5) is 50.5. The molecule has 0 aromatic heterocycles. The van der Waals surface area contributed by atoms with Gasteiger partial charge >= 0.3 is 5.97 Å². The summed E-state index contributed by atoms with van der Waals surface area (Å²) in [6.07, 6.45) is -0.209. The highest BCUT2D eigenvalue weighted by Gasteiger charge is 2.37. The highest BCUT2D eigenvalue weighted by molar-refractivity contribution is 6.00. The number of hydrazine groups is 1. The summed E-state index contributed by atoms with van der Waals surface area (Å²) in [6, 6.07) is 16.0. The number of carbonyl (C=O) groups is 4. The third-order valence-corrected chi connectivity index (χ3v) is 5.11. The number of nitrogens with zero attached hydrogens (tertiary/aromatic N) is 1. The van der Waals surface area contributed by atoms with Crippen LogP contribution in [0.1, 0.15) is 36.2 Å². The third-order valence-electron chi connectivity index (χ3n) is 5.11. The van der Waals surface area contributed by atoms with Crippen LogP contribution in [0.25, 0.3) is 0 Å². The van der Waals surface area contributed by atoms with Gasteiger partial charge in [0, 0.05) is 24.2 Å². The van der Waals surface area contributed by atoms with Gasteiger partial charge in [-0.15, -0.1) is 0 Å². The molecule has 1 heterocycles. The van der Waals surface area contributed by atoms with Gasteiger partial charge in [-0.3, -0.25) is 30.0 Å². The number of amides is 3. The minimum Gasteiger partial charge on any atom is -0.452 e. The van der Waals surface area contributed by atoms with Gasteiger partial charge in [-0.25, -0.2) is 0 Å². The van der Waals surface area contributed by atoms with E-state index in [0.29, 0.717) is 5.56 Å². The van der Waals surface area contributed by atoms with Crippen molar-refractivity contribution in [3.63, 3.8) is 0 Å². The SMILES string of the molecule is CCc1ccc(N2C[C@H](C(=O)O[C@@H](C)C(=O)NNC(=O)c3ccccc3)CC2=O)cc1. The number of carbonyl (C=O) groups excluding carboxylic acids is 4. The van der Waals surface area contributed by atoms with E-state index >= 15 is 0 Å². The summed E-state index contributed by atoms with van der Waals surface area (Å²) < 4.78 is 5.22. The normalized spacial score (nSPS) is 16.5. The Morgan fingerprint density at radius 3 is 2.39 bits per heavy atom. The number of hydrogen-bond donors (Lipinski definition) is 2. The Bertz CT molecular complexity index is 959. The highest BCUT2D eigenvalue weighted by atomic mass is 16.5. The van der Waals surface area contributed by atoms with Crippen LogP contribution >= 0.6 is 0 Å². The van der Waals surface area contributed by atoms with Crippen molar-refractivity contribution in [3.05, 3.63) is 65.7 Å². The van der Waals surface area contributed by atoms with E-state index in [-0.39, 0.29) is 18.9 Å². The largest absolute Gasteiger partial charge is 0.452 e. The van der Waals surface area contributed by atoms with Crippen LogP contribution in [0.5, 0.6) is 0 Å². The molecule has 0 aliphatic carbocycles. The van der Waals surface area contributed by atoms with E-state index < -0.39 is 29.8 Å². The number of nitrogens with one attached hydrogen (secondary N) is 2. The van der Waals surface area contributed by atoms with Gasteiger partial charge in [-0.05, 0) is 43.2 Å². The zero-order valence-electron chi connectivity index (χ0n) is 17.5. The van der Waals surface area contributed by atoms with Crippen LogP contribution in [0.4, 0.5) is 5.69 Å². The van der Waals surface area contributed by atoms with Crippen molar-refractivity contribution in [3.8, 4) is 0 Å². The fraction of sp³-hybridized carbons (Fsp3) is 0.304. The molecule has 2 aromatic rings. The van der Waals surface area contributed by atoms with Crippen LogP contribution in [-0.2, 0) is 25.5 Å². The summed E-state index contributed by atoms with van der Waals surface area (Å²) in [6.45, 7) is 3.65. The molecule has 1 aliphatic heterocycles. The first-order chi connectivity index (χ1) is 14.9. The average Bonchev–Trinajstić information content (AvgIpc) is 3.19. The molecule has 0 radical (unpaired) electrons. The summed E-state index contributed by atoms with van der Waals surface area (Å²) >= 11 is 0.